The van der Waals surface area contributed by atoms with E-state index in [9.17, 15) is 9.59 Å². The second-order valence-electron chi connectivity index (χ2n) is 10.2. The molecule has 5 rings (SSSR count). The summed E-state index contributed by atoms with van der Waals surface area (Å²) in [4.78, 5) is 26.7. The van der Waals surface area contributed by atoms with E-state index >= 15 is 0 Å². The van der Waals surface area contributed by atoms with Crippen LogP contribution >= 0.6 is 0 Å². The lowest BCUT2D eigenvalue weighted by Gasteiger charge is -2.38. The van der Waals surface area contributed by atoms with Crippen LogP contribution in [0.25, 0.3) is 11.3 Å². The van der Waals surface area contributed by atoms with Crippen molar-refractivity contribution in [2.24, 2.45) is 11.7 Å². The van der Waals surface area contributed by atoms with Crippen LogP contribution in [0.4, 0.5) is 5.82 Å². The Morgan fingerprint density at radius 3 is 2.34 bits per heavy atom. The average molecular weight is 524 g/mol. The van der Waals surface area contributed by atoms with Gasteiger partial charge in [0.15, 0.2) is 0 Å². The summed E-state index contributed by atoms with van der Waals surface area (Å²) >= 11 is 0. The minimum atomic E-state index is -0.535. The summed E-state index contributed by atoms with van der Waals surface area (Å²) in [6.45, 7) is 7.10. The molecule has 2 fully saturated rings. The van der Waals surface area contributed by atoms with Crippen molar-refractivity contribution in [3.63, 3.8) is 0 Å². The number of nitrogens with one attached hydrogen (secondary N) is 1. The first-order chi connectivity index (χ1) is 18.5. The predicted octanol–water partition coefficient (Wildman–Crippen LogP) is 3.34. The Bertz CT molecular complexity index is 1190. The molecule has 204 valence electrons. The number of nitrogens with two attached hydrogens (primary N) is 1. The molecule has 0 spiro atoms. The van der Waals surface area contributed by atoms with Crippen LogP contribution in [0.1, 0.15) is 60.0 Å². The lowest BCUT2D eigenvalue weighted by Crippen LogP contribution is -2.41. The smallest absolute Gasteiger partial charge is 0.254 e. The van der Waals surface area contributed by atoms with Crippen molar-refractivity contribution < 1.29 is 23.8 Å². The Morgan fingerprint density at radius 1 is 1.11 bits per heavy atom. The van der Waals surface area contributed by atoms with E-state index in [1.54, 1.807) is 14.2 Å². The van der Waals surface area contributed by atoms with E-state index in [-0.39, 0.29) is 17.9 Å². The Labute approximate surface area is 223 Å². The maximum Gasteiger partial charge on any atom is 0.254 e. The number of aromatic nitrogens is 2. The standard InChI is InChI=1S/C28H37N5O5/c1-4-23(34)32-11-6-17(7-12-32)20-5-10-30-28-25(27(29)35)26(31-33(20)28)19-15-21(36-2)24(22(16-19)37-3)18-8-13-38-14-9-18/h4,15-18,20,30H,1,5-14H2,2-3H3,(H2,29,35). The van der Waals surface area contributed by atoms with Crippen molar-refractivity contribution in [3.05, 3.63) is 35.9 Å². The highest BCUT2D eigenvalue weighted by molar-refractivity contribution is 6.04. The van der Waals surface area contributed by atoms with Crippen LogP contribution < -0.4 is 20.5 Å². The van der Waals surface area contributed by atoms with Gasteiger partial charge in [0.05, 0.1) is 20.3 Å². The number of piperidine rings is 1. The highest BCUT2D eigenvalue weighted by atomic mass is 16.5. The predicted molar refractivity (Wildman–Crippen MR) is 144 cm³/mol. The maximum absolute atomic E-state index is 12.8. The van der Waals surface area contributed by atoms with Crippen LogP contribution in [0.3, 0.4) is 0 Å². The van der Waals surface area contributed by atoms with Crippen LogP contribution in [-0.4, -0.2) is 73.6 Å². The van der Waals surface area contributed by atoms with E-state index < -0.39 is 5.91 Å². The lowest BCUT2D eigenvalue weighted by molar-refractivity contribution is -0.127. The normalized spacial score (nSPS) is 20.4. The Balaban J connectivity index is 1.53. The third kappa shape index (κ3) is 4.73. The van der Waals surface area contributed by atoms with Crippen molar-refractivity contribution in [1.82, 2.24) is 14.7 Å². The quantitative estimate of drug-likeness (QED) is 0.534. The summed E-state index contributed by atoms with van der Waals surface area (Å²) < 4.78 is 19.2. The number of carbonyl (C=O) groups excluding carboxylic acids is 2. The molecule has 0 aliphatic carbocycles. The Morgan fingerprint density at radius 2 is 1.76 bits per heavy atom. The first-order valence-corrected chi connectivity index (χ1v) is 13.4. The van der Waals surface area contributed by atoms with Crippen molar-refractivity contribution in [3.8, 4) is 22.8 Å². The number of methoxy groups -OCH3 is 2. The van der Waals surface area contributed by atoms with Gasteiger partial charge in [-0.15, -0.1) is 0 Å². The van der Waals surface area contributed by atoms with Crippen LogP contribution in [0.2, 0.25) is 0 Å². The number of likely N-dealkylation sites (tertiary alicyclic amines) is 1. The molecule has 3 aliphatic heterocycles. The molecule has 38 heavy (non-hydrogen) atoms. The van der Waals surface area contributed by atoms with Crippen LogP contribution in [0.5, 0.6) is 11.5 Å². The minimum Gasteiger partial charge on any atom is -0.496 e. The summed E-state index contributed by atoms with van der Waals surface area (Å²) in [5, 5.41) is 8.36. The molecular formula is C28H37N5O5. The molecule has 2 saturated heterocycles. The molecule has 1 atom stereocenters. The number of primary amides is 1. The van der Waals surface area contributed by atoms with Crippen LogP contribution in [-0.2, 0) is 9.53 Å². The van der Waals surface area contributed by atoms with Crippen molar-refractivity contribution in [1.29, 1.82) is 0 Å². The fraction of sp³-hybridized carbons (Fsp3) is 0.536. The van der Waals surface area contributed by atoms with Gasteiger partial charge in [-0.25, -0.2) is 4.68 Å². The van der Waals surface area contributed by atoms with Crippen molar-refractivity contribution in [2.45, 2.75) is 44.1 Å². The monoisotopic (exact) mass is 523 g/mol. The molecule has 1 aromatic carbocycles. The largest absolute Gasteiger partial charge is 0.496 e. The van der Waals surface area contributed by atoms with Gasteiger partial charge in [-0.1, -0.05) is 6.58 Å². The molecule has 1 aromatic heterocycles. The molecule has 2 amide bonds. The van der Waals surface area contributed by atoms with E-state index in [0.717, 1.165) is 49.8 Å². The van der Waals surface area contributed by atoms with E-state index in [1.807, 2.05) is 21.7 Å². The third-order valence-electron chi connectivity index (χ3n) is 8.22. The van der Waals surface area contributed by atoms with E-state index in [0.29, 0.717) is 60.8 Å². The number of rotatable bonds is 7. The zero-order chi connectivity index (χ0) is 26.8. The fourth-order valence-corrected chi connectivity index (χ4v) is 6.27. The molecule has 0 radical (unpaired) electrons. The molecular weight excluding hydrogens is 486 g/mol. The maximum atomic E-state index is 12.8. The molecule has 4 heterocycles. The summed E-state index contributed by atoms with van der Waals surface area (Å²) in [5.74, 6) is 2.09. The lowest BCUT2D eigenvalue weighted by atomic mass is 9.87. The third-order valence-corrected chi connectivity index (χ3v) is 8.22. The minimum absolute atomic E-state index is 0.0288. The number of nitrogens with zero attached hydrogens (tertiary/aromatic N) is 3. The molecule has 0 saturated carbocycles. The van der Waals surface area contributed by atoms with Crippen LogP contribution in [0.15, 0.2) is 24.8 Å². The van der Waals surface area contributed by atoms with Crippen LogP contribution in [0, 0.1) is 5.92 Å². The van der Waals surface area contributed by atoms with E-state index in [2.05, 4.69) is 11.9 Å². The number of amides is 2. The highest BCUT2D eigenvalue weighted by Gasteiger charge is 2.36. The van der Waals surface area contributed by atoms with Crippen molar-refractivity contribution in [2.75, 3.05) is 52.4 Å². The number of hydrogen-bond donors (Lipinski definition) is 2. The molecule has 3 aliphatic rings. The molecule has 2 aromatic rings. The summed E-state index contributed by atoms with van der Waals surface area (Å²) in [5.41, 5.74) is 8.56. The van der Waals surface area contributed by atoms with Gasteiger partial charge in [0.2, 0.25) is 5.91 Å². The number of fused-ring (bicyclic) bond motifs is 1. The zero-order valence-corrected chi connectivity index (χ0v) is 22.2. The first-order valence-electron chi connectivity index (χ1n) is 13.4. The SMILES string of the molecule is C=CC(=O)N1CCC(C2CCNc3c(C(N)=O)c(-c4cc(OC)c(C5CCOCC5)c(OC)c4)nn32)CC1. The number of benzene rings is 1. The highest BCUT2D eigenvalue weighted by Crippen LogP contribution is 2.45. The topological polar surface area (TPSA) is 121 Å². The number of carbonyl (C=O) groups is 2. The molecule has 3 N–H and O–H groups in total. The second kappa shape index (κ2) is 11.1. The van der Waals surface area contributed by atoms with Gasteiger partial charge in [-0.3, -0.25) is 9.59 Å². The van der Waals surface area contributed by atoms with Gasteiger partial charge in [-0.05, 0) is 62.1 Å². The summed E-state index contributed by atoms with van der Waals surface area (Å²) in [7, 11) is 3.30. The van der Waals surface area contributed by atoms with Gasteiger partial charge < -0.3 is 30.2 Å². The average Bonchev–Trinajstić information content (AvgIpc) is 3.37. The second-order valence-corrected chi connectivity index (χ2v) is 10.2. The van der Waals surface area contributed by atoms with Crippen molar-refractivity contribution >= 4 is 17.6 Å². The van der Waals surface area contributed by atoms with Gasteiger partial charge in [0.1, 0.15) is 28.6 Å². The molecule has 10 heteroatoms. The zero-order valence-electron chi connectivity index (χ0n) is 22.2. The molecule has 0 bridgehead atoms. The van der Waals surface area contributed by atoms with Gasteiger partial charge in [0.25, 0.3) is 5.91 Å². The number of hydrogen-bond acceptors (Lipinski definition) is 7. The number of ether oxygens (including phenoxy) is 3. The molecule has 1 unspecified atom stereocenters. The Hall–Kier alpha value is -3.53. The number of anilines is 1. The van der Waals surface area contributed by atoms with E-state index in [4.69, 9.17) is 25.0 Å². The van der Waals surface area contributed by atoms with Gasteiger partial charge in [0, 0.05) is 44.0 Å². The first kappa shape index (κ1) is 26.1. The summed E-state index contributed by atoms with van der Waals surface area (Å²) in [6.07, 6.45) is 5.76. The summed E-state index contributed by atoms with van der Waals surface area (Å²) in [6, 6.07) is 3.97. The van der Waals surface area contributed by atoms with Gasteiger partial charge in [-0.2, -0.15) is 5.10 Å². The molecule has 10 nitrogen and oxygen atoms in total. The van der Waals surface area contributed by atoms with Gasteiger partial charge >= 0.3 is 0 Å². The van der Waals surface area contributed by atoms with E-state index in [1.165, 1.54) is 6.08 Å². The Kier molecular flexibility index (Phi) is 7.60. The fourth-order valence-electron chi connectivity index (χ4n) is 6.27.